The van der Waals surface area contributed by atoms with E-state index in [1.54, 1.807) is 17.0 Å². The third-order valence-electron chi connectivity index (χ3n) is 4.42. The van der Waals surface area contributed by atoms with Crippen molar-refractivity contribution in [2.75, 3.05) is 44.0 Å². The van der Waals surface area contributed by atoms with E-state index in [0.717, 1.165) is 25.2 Å². The fraction of sp³-hybridized carbons (Fsp3) is 0.333. The van der Waals surface area contributed by atoms with Crippen molar-refractivity contribution in [2.24, 2.45) is 0 Å². The summed E-state index contributed by atoms with van der Waals surface area (Å²) in [6.45, 7) is 1.99. The maximum Gasteiger partial charge on any atom is 0.259 e. The second-order valence-corrected chi connectivity index (χ2v) is 6.80. The summed E-state index contributed by atoms with van der Waals surface area (Å²) in [5.41, 5.74) is 1.95. The van der Waals surface area contributed by atoms with Gasteiger partial charge < -0.3 is 19.9 Å². The van der Waals surface area contributed by atoms with Gasteiger partial charge in [0.1, 0.15) is 12.4 Å². The Morgan fingerprint density at radius 3 is 2.74 bits per heavy atom. The number of carbonyl (C=O) groups excluding carboxylic acids is 2. The van der Waals surface area contributed by atoms with Crippen LogP contribution in [0.15, 0.2) is 48.5 Å². The summed E-state index contributed by atoms with van der Waals surface area (Å²) in [6.07, 6.45) is 1.45. The van der Waals surface area contributed by atoms with Crippen LogP contribution in [0, 0.1) is 0 Å². The molecule has 1 fully saturated rings. The molecule has 0 spiro atoms. The van der Waals surface area contributed by atoms with Crippen LogP contribution in [0.5, 0.6) is 5.75 Å². The second-order valence-electron chi connectivity index (χ2n) is 6.80. The van der Waals surface area contributed by atoms with Gasteiger partial charge in [0.25, 0.3) is 5.91 Å². The number of hydrogen-bond acceptors (Lipinski definition) is 4. The van der Waals surface area contributed by atoms with Crippen molar-refractivity contribution < 1.29 is 14.3 Å². The van der Waals surface area contributed by atoms with Crippen LogP contribution in [0.4, 0.5) is 11.4 Å². The number of nitrogens with one attached hydrogen (secondary N) is 1. The Labute approximate surface area is 159 Å². The molecule has 1 N–H and O–H groups in total. The molecule has 142 valence electrons. The Bertz CT molecular complexity index is 820. The van der Waals surface area contributed by atoms with Crippen molar-refractivity contribution in [3.63, 3.8) is 0 Å². The van der Waals surface area contributed by atoms with E-state index >= 15 is 0 Å². The van der Waals surface area contributed by atoms with E-state index in [2.05, 4.69) is 5.32 Å². The standard InChI is InChI=1S/C21H25N3O3/c1-23(2)13-14-27-19-10-4-3-9-18(19)21(26)22-16-7-5-8-17(15-16)24-12-6-11-20(24)25/h3-5,7-10,15H,6,11-14H2,1-2H3,(H,22,26). The number of nitrogens with zero attached hydrogens (tertiary/aromatic N) is 2. The number of anilines is 2. The van der Waals surface area contributed by atoms with Gasteiger partial charge in [-0.25, -0.2) is 0 Å². The van der Waals surface area contributed by atoms with Gasteiger partial charge in [-0.1, -0.05) is 18.2 Å². The summed E-state index contributed by atoms with van der Waals surface area (Å²) in [5, 5.41) is 2.91. The van der Waals surface area contributed by atoms with E-state index in [4.69, 9.17) is 4.74 Å². The molecule has 0 saturated carbocycles. The zero-order valence-corrected chi connectivity index (χ0v) is 15.8. The van der Waals surface area contributed by atoms with Crippen molar-refractivity contribution in [1.82, 2.24) is 4.90 Å². The fourth-order valence-corrected chi connectivity index (χ4v) is 2.99. The first-order chi connectivity index (χ1) is 13.0. The number of rotatable bonds is 7. The first-order valence-electron chi connectivity index (χ1n) is 9.13. The normalized spacial score (nSPS) is 13.9. The van der Waals surface area contributed by atoms with E-state index in [0.29, 0.717) is 30.0 Å². The van der Waals surface area contributed by atoms with E-state index in [1.807, 2.05) is 55.4 Å². The van der Waals surface area contributed by atoms with Crippen LogP contribution in [0.2, 0.25) is 0 Å². The lowest BCUT2D eigenvalue weighted by molar-refractivity contribution is -0.117. The monoisotopic (exact) mass is 367 g/mol. The molecule has 0 aliphatic carbocycles. The van der Waals surface area contributed by atoms with Crippen LogP contribution in [-0.2, 0) is 4.79 Å². The molecule has 0 atom stereocenters. The lowest BCUT2D eigenvalue weighted by atomic mass is 10.1. The van der Waals surface area contributed by atoms with Gasteiger partial charge in [0.15, 0.2) is 0 Å². The number of benzene rings is 2. The molecule has 6 nitrogen and oxygen atoms in total. The Morgan fingerprint density at radius 2 is 2.00 bits per heavy atom. The summed E-state index contributed by atoms with van der Waals surface area (Å²) >= 11 is 0. The molecule has 2 amide bonds. The van der Waals surface area contributed by atoms with Crippen molar-refractivity contribution in [3.8, 4) is 5.75 Å². The largest absolute Gasteiger partial charge is 0.491 e. The minimum Gasteiger partial charge on any atom is -0.491 e. The lowest BCUT2D eigenvalue weighted by Crippen LogP contribution is -2.23. The van der Waals surface area contributed by atoms with Crippen LogP contribution in [0.3, 0.4) is 0 Å². The van der Waals surface area contributed by atoms with Gasteiger partial charge in [-0.05, 0) is 50.8 Å². The van der Waals surface area contributed by atoms with Gasteiger partial charge in [-0.3, -0.25) is 9.59 Å². The van der Waals surface area contributed by atoms with Crippen LogP contribution >= 0.6 is 0 Å². The highest BCUT2D eigenvalue weighted by Crippen LogP contribution is 2.25. The van der Waals surface area contributed by atoms with Gasteiger partial charge in [0, 0.05) is 30.9 Å². The molecule has 0 radical (unpaired) electrons. The average Bonchev–Trinajstić information content (AvgIpc) is 3.08. The Hall–Kier alpha value is -2.86. The summed E-state index contributed by atoms with van der Waals surface area (Å²) in [5.74, 6) is 0.446. The van der Waals surface area contributed by atoms with Gasteiger partial charge in [0.05, 0.1) is 5.56 Å². The zero-order chi connectivity index (χ0) is 19.2. The highest BCUT2D eigenvalue weighted by Gasteiger charge is 2.22. The lowest BCUT2D eigenvalue weighted by Gasteiger charge is -2.17. The van der Waals surface area contributed by atoms with Crippen molar-refractivity contribution in [3.05, 3.63) is 54.1 Å². The minimum absolute atomic E-state index is 0.123. The molecule has 0 bridgehead atoms. The number of carbonyl (C=O) groups is 2. The van der Waals surface area contributed by atoms with Crippen LogP contribution < -0.4 is 15.0 Å². The smallest absolute Gasteiger partial charge is 0.259 e. The molecular formula is C21H25N3O3. The molecule has 27 heavy (non-hydrogen) atoms. The highest BCUT2D eigenvalue weighted by atomic mass is 16.5. The molecule has 1 saturated heterocycles. The molecule has 6 heteroatoms. The molecule has 1 heterocycles. The predicted octanol–water partition coefficient (Wildman–Crippen LogP) is 3.01. The SMILES string of the molecule is CN(C)CCOc1ccccc1C(=O)Nc1cccc(N2CCCC2=O)c1. The molecule has 2 aromatic rings. The fourth-order valence-electron chi connectivity index (χ4n) is 2.99. The summed E-state index contributed by atoms with van der Waals surface area (Å²) in [6, 6.07) is 14.6. The summed E-state index contributed by atoms with van der Waals surface area (Å²) < 4.78 is 5.77. The second kappa shape index (κ2) is 8.68. The number of amides is 2. The van der Waals surface area contributed by atoms with E-state index in [9.17, 15) is 9.59 Å². The molecule has 3 rings (SSSR count). The van der Waals surface area contributed by atoms with Gasteiger partial charge in [-0.15, -0.1) is 0 Å². The highest BCUT2D eigenvalue weighted by molar-refractivity contribution is 6.06. The summed E-state index contributed by atoms with van der Waals surface area (Å²) in [4.78, 5) is 28.5. The zero-order valence-electron chi connectivity index (χ0n) is 15.8. The first kappa shape index (κ1) is 18.9. The molecule has 0 unspecified atom stereocenters. The maximum absolute atomic E-state index is 12.7. The van der Waals surface area contributed by atoms with Gasteiger partial charge in [0.2, 0.25) is 5.91 Å². The third-order valence-corrected chi connectivity index (χ3v) is 4.42. The van der Waals surface area contributed by atoms with E-state index < -0.39 is 0 Å². The minimum atomic E-state index is -0.236. The third kappa shape index (κ3) is 4.86. The van der Waals surface area contributed by atoms with Crippen molar-refractivity contribution >= 4 is 23.2 Å². The van der Waals surface area contributed by atoms with Crippen LogP contribution in [0.25, 0.3) is 0 Å². The first-order valence-corrected chi connectivity index (χ1v) is 9.13. The maximum atomic E-state index is 12.7. The Kier molecular flexibility index (Phi) is 6.08. The van der Waals surface area contributed by atoms with Gasteiger partial charge >= 0.3 is 0 Å². The quantitative estimate of drug-likeness (QED) is 0.817. The average molecular weight is 367 g/mol. The van der Waals surface area contributed by atoms with E-state index in [-0.39, 0.29) is 11.8 Å². The van der Waals surface area contributed by atoms with Crippen LogP contribution in [-0.4, -0.2) is 50.5 Å². The van der Waals surface area contributed by atoms with Crippen LogP contribution in [0.1, 0.15) is 23.2 Å². The summed E-state index contributed by atoms with van der Waals surface area (Å²) in [7, 11) is 3.94. The molecule has 1 aliphatic rings. The van der Waals surface area contributed by atoms with Gasteiger partial charge in [-0.2, -0.15) is 0 Å². The Morgan fingerprint density at radius 1 is 1.19 bits per heavy atom. The van der Waals surface area contributed by atoms with E-state index in [1.165, 1.54) is 0 Å². The number of ether oxygens (including phenoxy) is 1. The molecule has 1 aliphatic heterocycles. The molecular weight excluding hydrogens is 342 g/mol. The molecule has 2 aromatic carbocycles. The van der Waals surface area contributed by atoms with Crippen molar-refractivity contribution in [1.29, 1.82) is 0 Å². The van der Waals surface area contributed by atoms with Crippen molar-refractivity contribution in [2.45, 2.75) is 12.8 Å². The Balaban J connectivity index is 1.71. The number of likely N-dealkylation sites (N-methyl/N-ethyl adjacent to an activating group) is 1. The number of hydrogen-bond donors (Lipinski definition) is 1. The number of para-hydroxylation sites is 1. The predicted molar refractivity (Wildman–Crippen MR) is 106 cm³/mol. The topological polar surface area (TPSA) is 61.9 Å². The molecule has 0 aromatic heterocycles.